The van der Waals surface area contributed by atoms with Crippen LogP contribution >= 0.6 is 0 Å². The fraction of sp³-hybridized carbons (Fsp3) is 1.00. The normalized spacial score (nSPS) is 60.2. The Morgan fingerprint density at radius 3 is 2.25 bits per heavy atom. The number of fused-ring (bicyclic) bond motifs is 2. The molecule has 10 unspecified atom stereocenters. The lowest BCUT2D eigenvalue weighted by Crippen LogP contribution is -2.59. The molecule has 0 aromatic heterocycles. The minimum atomic E-state index is -0.156. The maximum Gasteiger partial charge on any atom is 0.0594 e. The Kier molecular flexibility index (Phi) is 3.94. The molecule has 10 atom stereocenters. The molecule has 0 aromatic rings. The third-order valence-electron chi connectivity index (χ3n) is 12.3. The molecule has 5 fully saturated rings. The summed E-state index contributed by atoms with van der Waals surface area (Å²) in [5.74, 6) is 1.98. The zero-order chi connectivity index (χ0) is 20.3. The molecular formula is C25H44N2O. The van der Waals surface area contributed by atoms with Crippen LogP contribution in [0.5, 0.6) is 0 Å². The van der Waals surface area contributed by atoms with E-state index in [0.29, 0.717) is 28.8 Å². The highest BCUT2D eigenvalue weighted by molar-refractivity contribution is 5.31. The number of aliphatic hydroxyl groups excluding tert-OH is 1. The second-order valence-corrected chi connectivity index (χ2v) is 12.8. The zero-order valence-electron chi connectivity index (χ0n) is 19.1. The van der Waals surface area contributed by atoms with Gasteiger partial charge in [0.1, 0.15) is 0 Å². The Morgan fingerprint density at radius 1 is 0.929 bits per heavy atom. The lowest BCUT2D eigenvalue weighted by Gasteiger charge is -2.63. The molecule has 5 aliphatic carbocycles. The van der Waals surface area contributed by atoms with Crippen LogP contribution in [0.15, 0.2) is 0 Å². The fourth-order valence-electron chi connectivity index (χ4n) is 10.6. The van der Waals surface area contributed by atoms with Crippen LogP contribution in [0.1, 0.15) is 86.0 Å². The van der Waals surface area contributed by atoms with Gasteiger partial charge in [0.05, 0.1) is 6.10 Å². The first-order valence-electron chi connectivity index (χ1n) is 12.1. The van der Waals surface area contributed by atoms with Crippen molar-refractivity contribution in [2.24, 2.45) is 50.6 Å². The Balaban J connectivity index is 1.54. The van der Waals surface area contributed by atoms with E-state index in [2.05, 4.69) is 47.0 Å². The molecule has 2 spiro atoms. The van der Waals surface area contributed by atoms with E-state index >= 15 is 0 Å². The summed E-state index contributed by atoms with van der Waals surface area (Å²) in [7, 11) is 2.06. The van der Waals surface area contributed by atoms with E-state index in [1.54, 1.807) is 0 Å². The molecule has 5 rings (SSSR count). The van der Waals surface area contributed by atoms with Gasteiger partial charge in [-0.2, -0.15) is 0 Å². The van der Waals surface area contributed by atoms with Crippen LogP contribution in [-0.4, -0.2) is 30.3 Å². The van der Waals surface area contributed by atoms with Crippen LogP contribution < -0.4 is 11.1 Å². The first-order valence-corrected chi connectivity index (χ1v) is 12.1. The van der Waals surface area contributed by atoms with Crippen molar-refractivity contribution in [3.05, 3.63) is 0 Å². The van der Waals surface area contributed by atoms with Crippen molar-refractivity contribution >= 4 is 0 Å². The van der Waals surface area contributed by atoms with Crippen molar-refractivity contribution in [1.29, 1.82) is 0 Å². The van der Waals surface area contributed by atoms with Crippen molar-refractivity contribution in [2.75, 3.05) is 7.05 Å². The SMILES string of the molecule is CNC(C)C1C(O)CC2(C)C3CCC4C(C)(C)C(N)CCC45CC35CCC12C. The van der Waals surface area contributed by atoms with E-state index in [1.165, 1.54) is 44.9 Å². The van der Waals surface area contributed by atoms with E-state index in [1.807, 2.05) is 0 Å². The molecule has 3 heteroatoms. The van der Waals surface area contributed by atoms with Gasteiger partial charge in [0.2, 0.25) is 0 Å². The van der Waals surface area contributed by atoms with Crippen molar-refractivity contribution in [3.63, 3.8) is 0 Å². The molecule has 0 bridgehead atoms. The average molecular weight is 389 g/mol. The van der Waals surface area contributed by atoms with Gasteiger partial charge in [-0.15, -0.1) is 0 Å². The number of hydrogen-bond acceptors (Lipinski definition) is 3. The van der Waals surface area contributed by atoms with Gasteiger partial charge < -0.3 is 16.2 Å². The quantitative estimate of drug-likeness (QED) is 0.660. The first kappa shape index (κ1) is 19.8. The Bertz CT molecular complexity index is 677. The van der Waals surface area contributed by atoms with Crippen LogP contribution in [0.3, 0.4) is 0 Å². The van der Waals surface area contributed by atoms with Gasteiger partial charge in [-0.05, 0) is 104 Å². The monoisotopic (exact) mass is 388 g/mol. The van der Waals surface area contributed by atoms with Crippen LogP contribution in [0.4, 0.5) is 0 Å². The minimum absolute atomic E-state index is 0.156. The molecule has 0 radical (unpaired) electrons. The van der Waals surface area contributed by atoms with Crippen LogP contribution in [0, 0.1) is 44.8 Å². The lowest BCUT2D eigenvalue weighted by molar-refractivity contribution is -0.142. The zero-order valence-corrected chi connectivity index (χ0v) is 19.1. The molecule has 0 heterocycles. The summed E-state index contributed by atoms with van der Waals surface area (Å²) in [6.07, 6.45) is 10.3. The second-order valence-electron chi connectivity index (χ2n) is 12.8. The molecule has 0 saturated heterocycles. The van der Waals surface area contributed by atoms with Crippen molar-refractivity contribution in [3.8, 4) is 0 Å². The highest BCUT2D eigenvalue weighted by Gasteiger charge is 2.82. The maximum absolute atomic E-state index is 11.2. The molecule has 5 saturated carbocycles. The van der Waals surface area contributed by atoms with Gasteiger partial charge in [-0.25, -0.2) is 0 Å². The largest absolute Gasteiger partial charge is 0.393 e. The molecule has 160 valence electrons. The molecule has 4 N–H and O–H groups in total. The third-order valence-corrected chi connectivity index (χ3v) is 12.3. The summed E-state index contributed by atoms with van der Waals surface area (Å²) in [4.78, 5) is 0. The fourth-order valence-corrected chi connectivity index (χ4v) is 10.6. The van der Waals surface area contributed by atoms with Gasteiger partial charge in [-0.3, -0.25) is 0 Å². The standard InChI is InChI=1S/C25H44N2O/c1-15(27-6)20-16(28)13-23(5)18-8-7-17-21(2,3)19(26)9-10-24(17)14-25(18,24)12-11-22(20,23)4/h15-20,27-28H,7-14,26H2,1-6H3. The number of rotatable bonds is 2. The number of nitrogens with one attached hydrogen (secondary N) is 1. The van der Waals surface area contributed by atoms with Gasteiger partial charge in [-0.1, -0.05) is 27.7 Å². The van der Waals surface area contributed by atoms with Gasteiger partial charge in [0, 0.05) is 18.0 Å². The lowest BCUT2D eigenvalue weighted by atomic mass is 9.42. The number of hydrogen-bond donors (Lipinski definition) is 3. The van der Waals surface area contributed by atoms with Crippen molar-refractivity contribution in [2.45, 2.75) is 104 Å². The summed E-state index contributed by atoms with van der Waals surface area (Å²) in [5.41, 5.74) is 8.57. The molecular weight excluding hydrogens is 344 g/mol. The van der Waals surface area contributed by atoms with Gasteiger partial charge in [0.15, 0.2) is 0 Å². The first-order chi connectivity index (χ1) is 13.0. The highest BCUT2D eigenvalue weighted by Crippen LogP contribution is 2.88. The third kappa shape index (κ3) is 1.94. The summed E-state index contributed by atoms with van der Waals surface area (Å²) >= 11 is 0. The second kappa shape index (κ2) is 5.56. The molecule has 0 amide bonds. The molecule has 3 nitrogen and oxygen atoms in total. The maximum atomic E-state index is 11.2. The van der Waals surface area contributed by atoms with E-state index in [0.717, 1.165) is 18.3 Å². The molecule has 28 heavy (non-hydrogen) atoms. The summed E-state index contributed by atoms with van der Waals surface area (Å²) < 4.78 is 0. The van der Waals surface area contributed by atoms with Gasteiger partial charge in [0.25, 0.3) is 0 Å². The summed E-state index contributed by atoms with van der Waals surface area (Å²) in [5, 5.41) is 14.7. The predicted molar refractivity (Wildman–Crippen MR) is 115 cm³/mol. The van der Waals surface area contributed by atoms with E-state index < -0.39 is 0 Å². The van der Waals surface area contributed by atoms with E-state index in [4.69, 9.17) is 5.73 Å². The van der Waals surface area contributed by atoms with E-state index in [9.17, 15) is 5.11 Å². The Labute approximate surface area is 172 Å². The number of aliphatic hydroxyl groups is 1. The van der Waals surface area contributed by atoms with Crippen LogP contribution in [-0.2, 0) is 0 Å². The van der Waals surface area contributed by atoms with Crippen LogP contribution in [0.2, 0.25) is 0 Å². The Hall–Kier alpha value is -0.120. The van der Waals surface area contributed by atoms with Crippen molar-refractivity contribution < 1.29 is 5.11 Å². The van der Waals surface area contributed by atoms with Crippen LogP contribution in [0.25, 0.3) is 0 Å². The predicted octanol–water partition coefficient (Wildman–Crippen LogP) is 4.33. The minimum Gasteiger partial charge on any atom is -0.393 e. The number of nitrogens with two attached hydrogens (primary N) is 1. The molecule has 0 aliphatic heterocycles. The Morgan fingerprint density at radius 2 is 1.57 bits per heavy atom. The summed E-state index contributed by atoms with van der Waals surface area (Å²) in [6, 6.07) is 0.753. The molecule has 0 aromatic carbocycles. The average Bonchev–Trinajstić information content (AvgIpc) is 3.24. The highest BCUT2D eigenvalue weighted by atomic mass is 16.3. The van der Waals surface area contributed by atoms with E-state index in [-0.39, 0.29) is 22.3 Å². The topological polar surface area (TPSA) is 58.3 Å². The summed E-state index contributed by atoms with van der Waals surface area (Å²) in [6.45, 7) is 12.3. The van der Waals surface area contributed by atoms with Crippen molar-refractivity contribution in [1.82, 2.24) is 5.32 Å². The smallest absolute Gasteiger partial charge is 0.0594 e. The molecule has 5 aliphatic rings. The van der Waals surface area contributed by atoms with Gasteiger partial charge >= 0.3 is 0 Å².